The molecular weight excluding hydrogens is 338 g/mol. The van der Waals surface area contributed by atoms with E-state index in [2.05, 4.69) is 15.6 Å². The first-order valence-corrected chi connectivity index (χ1v) is 8.79. The number of aromatic nitrogens is 3. The molecule has 6 nitrogen and oxygen atoms in total. The molecule has 0 saturated heterocycles. The number of rotatable bonds is 5. The molecule has 2 aromatic heterocycles. The van der Waals surface area contributed by atoms with Gasteiger partial charge in [0.2, 0.25) is 0 Å². The first-order chi connectivity index (χ1) is 13.3. The van der Waals surface area contributed by atoms with Crippen molar-refractivity contribution in [1.82, 2.24) is 19.7 Å². The number of amides is 1. The molecule has 1 amide bonds. The average Bonchev–Trinajstić information content (AvgIpc) is 3.08. The molecule has 0 aliphatic carbocycles. The number of hydrogen-bond donors (Lipinski definition) is 2. The molecule has 0 fully saturated rings. The van der Waals surface area contributed by atoms with Crippen LogP contribution in [0.4, 0.5) is 11.5 Å². The van der Waals surface area contributed by atoms with Crippen LogP contribution >= 0.6 is 0 Å². The van der Waals surface area contributed by atoms with E-state index in [1.165, 1.54) is 0 Å². The molecule has 2 aromatic carbocycles. The van der Waals surface area contributed by atoms with Crippen molar-refractivity contribution in [2.75, 3.05) is 11.9 Å². The van der Waals surface area contributed by atoms with E-state index in [1.807, 2.05) is 66.1 Å². The Kier molecular flexibility index (Phi) is 4.53. The van der Waals surface area contributed by atoms with E-state index in [9.17, 15) is 4.79 Å². The minimum absolute atomic E-state index is 0.0909. The van der Waals surface area contributed by atoms with Gasteiger partial charge in [-0.25, -0.2) is 4.98 Å². The molecule has 0 spiro atoms. The van der Waals surface area contributed by atoms with Crippen molar-refractivity contribution in [3.63, 3.8) is 0 Å². The van der Waals surface area contributed by atoms with Gasteiger partial charge in [0.25, 0.3) is 5.91 Å². The minimum Gasteiger partial charge on any atom is -0.352 e. The Labute approximate surface area is 156 Å². The second kappa shape index (κ2) is 7.29. The highest BCUT2D eigenvalue weighted by molar-refractivity contribution is 5.95. The fourth-order valence-corrected chi connectivity index (χ4v) is 2.96. The maximum absolute atomic E-state index is 12.1. The van der Waals surface area contributed by atoms with Gasteiger partial charge in [0, 0.05) is 35.8 Å². The molecule has 134 valence electrons. The van der Waals surface area contributed by atoms with E-state index >= 15 is 0 Å². The summed E-state index contributed by atoms with van der Waals surface area (Å²) in [6, 6.07) is 17.4. The van der Waals surface area contributed by atoms with Gasteiger partial charge in [0.05, 0.1) is 6.20 Å². The van der Waals surface area contributed by atoms with Crippen LogP contribution in [0.25, 0.3) is 16.9 Å². The number of hydrogen-bond acceptors (Lipinski definition) is 4. The third kappa shape index (κ3) is 3.37. The molecule has 0 unspecified atom stereocenters. The lowest BCUT2D eigenvalue weighted by Crippen LogP contribution is -2.22. The second-order valence-electron chi connectivity index (χ2n) is 6.04. The third-order valence-corrected chi connectivity index (χ3v) is 4.20. The van der Waals surface area contributed by atoms with Crippen molar-refractivity contribution in [2.24, 2.45) is 0 Å². The van der Waals surface area contributed by atoms with Crippen molar-refractivity contribution in [3.05, 3.63) is 78.8 Å². The lowest BCUT2D eigenvalue weighted by Gasteiger charge is -2.10. The Morgan fingerprint density at radius 1 is 1.11 bits per heavy atom. The predicted octanol–water partition coefficient (Wildman–Crippen LogP) is 3.89. The number of nitrogens with zero attached hydrogens (tertiary/aromatic N) is 3. The van der Waals surface area contributed by atoms with Crippen molar-refractivity contribution in [3.8, 4) is 11.3 Å². The van der Waals surface area contributed by atoms with Crippen LogP contribution in [0.2, 0.25) is 0 Å². The molecule has 2 heterocycles. The number of imidazole rings is 1. The number of carbonyl (C=O) groups is 1. The van der Waals surface area contributed by atoms with Gasteiger partial charge in [-0.2, -0.15) is 0 Å². The van der Waals surface area contributed by atoms with Gasteiger partial charge in [-0.15, -0.1) is 0 Å². The second-order valence-corrected chi connectivity index (χ2v) is 6.04. The molecule has 0 atom stereocenters. The molecule has 27 heavy (non-hydrogen) atoms. The monoisotopic (exact) mass is 357 g/mol. The van der Waals surface area contributed by atoms with Crippen LogP contribution in [0.1, 0.15) is 17.3 Å². The van der Waals surface area contributed by atoms with E-state index in [1.54, 1.807) is 18.5 Å². The van der Waals surface area contributed by atoms with Crippen LogP contribution in [0.15, 0.2) is 73.2 Å². The van der Waals surface area contributed by atoms with Gasteiger partial charge in [0.15, 0.2) is 5.65 Å². The molecule has 0 radical (unpaired) electrons. The zero-order chi connectivity index (χ0) is 18.6. The van der Waals surface area contributed by atoms with Gasteiger partial charge < -0.3 is 10.6 Å². The van der Waals surface area contributed by atoms with Crippen LogP contribution in [0.3, 0.4) is 0 Å². The number of carbonyl (C=O) groups excluding carboxylic acids is 1. The lowest BCUT2D eigenvalue weighted by atomic mass is 10.1. The number of nitrogens with one attached hydrogen (secondary N) is 2. The molecule has 4 aromatic rings. The van der Waals surface area contributed by atoms with Crippen molar-refractivity contribution in [1.29, 1.82) is 0 Å². The fourth-order valence-electron chi connectivity index (χ4n) is 2.96. The van der Waals surface area contributed by atoms with E-state index in [-0.39, 0.29) is 5.91 Å². The molecule has 6 heteroatoms. The van der Waals surface area contributed by atoms with Gasteiger partial charge in [-0.1, -0.05) is 36.4 Å². The first-order valence-electron chi connectivity index (χ1n) is 8.79. The van der Waals surface area contributed by atoms with Crippen molar-refractivity contribution >= 4 is 23.1 Å². The van der Waals surface area contributed by atoms with Crippen LogP contribution in [0.5, 0.6) is 0 Å². The Balaban J connectivity index is 1.78. The Bertz CT molecular complexity index is 1090. The van der Waals surface area contributed by atoms with Crippen LogP contribution in [0, 0.1) is 0 Å². The Hall–Kier alpha value is -3.67. The summed E-state index contributed by atoms with van der Waals surface area (Å²) in [6.07, 6.45) is 5.31. The number of fused-ring (bicyclic) bond motifs is 1. The Morgan fingerprint density at radius 2 is 1.96 bits per heavy atom. The molecule has 0 aliphatic heterocycles. The van der Waals surface area contributed by atoms with E-state index < -0.39 is 0 Å². The third-order valence-electron chi connectivity index (χ3n) is 4.20. The minimum atomic E-state index is -0.0909. The summed E-state index contributed by atoms with van der Waals surface area (Å²) >= 11 is 0. The number of benzene rings is 2. The maximum Gasteiger partial charge on any atom is 0.251 e. The van der Waals surface area contributed by atoms with E-state index in [0.717, 1.165) is 28.4 Å². The van der Waals surface area contributed by atoms with Crippen molar-refractivity contribution in [2.45, 2.75) is 6.92 Å². The summed E-state index contributed by atoms with van der Waals surface area (Å²) in [7, 11) is 0. The summed E-state index contributed by atoms with van der Waals surface area (Å²) in [5.74, 6) is 0.735. The van der Waals surface area contributed by atoms with E-state index in [0.29, 0.717) is 12.1 Å². The molecule has 0 bridgehead atoms. The van der Waals surface area contributed by atoms with Crippen LogP contribution in [-0.2, 0) is 0 Å². The zero-order valence-electron chi connectivity index (χ0n) is 14.9. The van der Waals surface area contributed by atoms with Crippen molar-refractivity contribution < 1.29 is 4.79 Å². The quantitative estimate of drug-likeness (QED) is 0.568. The summed E-state index contributed by atoms with van der Waals surface area (Å²) in [5, 5.41) is 6.25. The normalized spacial score (nSPS) is 10.7. The molecular formula is C21H19N5O. The summed E-state index contributed by atoms with van der Waals surface area (Å²) < 4.78 is 1.95. The smallest absolute Gasteiger partial charge is 0.251 e. The standard InChI is InChI=1S/C21H19N5O/c1-2-23-21(27)16-9-6-10-17(13-16)24-20-19(15-7-4-3-5-8-15)25-18-14-22-11-12-26(18)20/h3-14,24H,2H2,1H3,(H,23,27). The Morgan fingerprint density at radius 3 is 2.78 bits per heavy atom. The highest BCUT2D eigenvalue weighted by Gasteiger charge is 2.15. The zero-order valence-corrected chi connectivity index (χ0v) is 14.9. The predicted molar refractivity (Wildman–Crippen MR) is 106 cm³/mol. The fraction of sp³-hybridized carbons (Fsp3) is 0.0952. The first kappa shape index (κ1) is 16.8. The van der Waals surface area contributed by atoms with Gasteiger partial charge >= 0.3 is 0 Å². The summed E-state index contributed by atoms with van der Waals surface area (Å²) in [5.41, 5.74) is 4.00. The molecule has 0 aliphatic rings. The van der Waals surface area contributed by atoms with Gasteiger partial charge in [-0.3, -0.25) is 14.2 Å². The SMILES string of the molecule is CCNC(=O)c1cccc(Nc2c(-c3ccccc3)nc3cnccn23)c1. The lowest BCUT2D eigenvalue weighted by molar-refractivity contribution is 0.0956. The molecule has 2 N–H and O–H groups in total. The average molecular weight is 357 g/mol. The molecule has 4 rings (SSSR count). The highest BCUT2D eigenvalue weighted by Crippen LogP contribution is 2.30. The topological polar surface area (TPSA) is 71.3 Å². The van der Waals surface area contributed by atoms with Gasteiger partial charge in [0.1, 0.15) is 11.5 Å². The number of anilines is 2. The van der Waals surface area contributed by atoms with Crippen LogP contribution < -0.4 is 10.6 Å². The largest absolute Gasteiger partial charge is 0.352 e. The summed E-state index contributed by atoms with van der Waals surface area (Å²) in [4.78, 5) is 21.0. The highest BCUT2D eigenvalue weighted by atomic mass is 16.1. The van der Waals surface area contributed by atoms with E-state index in [4.69, 9.17) is 4.98 Å². The van der Waals surface area contributed by atoms with Crippen LogP contribution in [-0.4, -0.2) is 26.8 Å². The summed E-state index contributed by atoms with van der Waals surface area (Å²) in [6.45, 7) is 2.49. The maximum atomic E-state index is 12.1. The van der Waals surface area contributed by atoms with Gasteiger partial charge in [-0.05, 0) is 25.1 Å². The molecule has 0 saturated carbocycles.